The average Bonchev–Trinajstić information content (AvgIpc) is 2.93. The Balaban J connectivity index is 1.42. The first kappa shape index (κ1) is 28.2. The molecule has 0 aliphatic carbocycles. The van der Waals surface area contributed by atoms with Crippen LogP contribution in [0.3, 0.4) is 0 Å². The summed E-state index contributed by atoms with van der Waals surface area (Å²) in [7, 11) is -4.06. The van der Waals surface area contributed by atoms with E-state index in [1.807, 2.05) is 18.2 Å². The molecule has 0 bridgehead atoms. The summed E-state index contributed by atoms with van der Waals surface area (Å²) >= 11 is 12.3. The molecule has 0 radical (unpaired) electrons. The molecule has 0 spiro atoms. The van der Waals surface area contributed by atoms with Gasteiger partial charge in [0.1, 0.15) is 18.9 Å². The van der Waals surface area contributed by atoms with E-state index in [0.29, 0.717) is 39.2 Å². The highest BCUT2D eigenvalue weighted by atomic mass is 35.5. The minimum absolute atomic E-state index is 0.0540. The van der Waals surface area contributed by atoms with E-state index in [4.69, 9.17) is 27.9 Å². The monoisotopic (exact) mass is 581 g/mol. The summed E-state index contributed by atoms with van der Waals surface area (Å²) in [6.45, 7) is 1.58. The van der Waals surface area contributed by atoms with Gasteiger partial charge in [-0.1, -0.05) is 59.6 Å². The number of hydrazone groups is 1. The predicted molar refractivity (Wildman–Crippen MR) is 155 cm³/mol. The lowest BCUT2D eigenvalue weighted by Crippen LogP contribution is -2.40. The molecular weight excluding hydrogens is 557 g/mol. The van der Waals surface area contributed by atoms with Crippen LogP contribution in [0, 0.1) is 6.92 Å². The number of halogens is 2. The van der Waals surface area contributed by atoms with E-state index in [2.05, 4.69) is 10.5 Å². The molecule has 4 rings (SSSR count). The molecule has 0 saturated heterocycles. The number of nitrogens with zero attached hydrogens (tertiary/aromatic N) is 2. The Kier molecular flexibility index (Phi) is 9.24. The molecule has 0 aromatic heterocycles. The number of sulfonamides is 1. The third kappa shape index (κ3) is 7.38. The van der Waals surface area contributed by atoms with Crippen LogP contribution in [0.5, 0.6) is 5.75 Å². The molecule has 200 valence electrons. The summed E-state index contributed by atoms with van der Waals surface area (Å²) in [6, 6.07) is 27.4. The van der Waals surface area contributed by atoms with Gasteiger partial charge in [-0.2, -0.15) is 5.10 Å². The zero-order chi connectivity index (χ0) is 27.8. The largest absolute Gasteiger partial charge is 0.489 e. The lowest BCUT2D eigenvalue weighted by Gasteiger charge is -2.25. The highest BCUT2D eigenvalue weighted by Gasteiger charge is 2.28. The van der Waals surface area contributed by atoms with Gasteiger partial charge in [-0.15, -0.1) is 0 Å². The van der Waals surface area contributed by atoms with Gasteiger partial charge in [-0.25, -0.2) is 13.8 Å². The molecule has 1 amide bonds. The van der Waals surface area contributed by atoms with Crippen molar-refractivity contribution < 1.29 is 17.9 Å². The van der Waals surface area contributed by atoms with Crippen LogP contribution < -0.4 is 14.5 Å². The third-order valence-corrected chi connectivity index (χ3v) is 8.12. The van der Waals surface area contributed by atoms with Gasteiger partial charge in [0, 0.05) is 10.0 Å². The van der Waals surface area contributed by atoms with Crippen molar-refractivity contribution in [2.24, 2.45) is 5.10 Å². The van der Waals surface area contributed by atoms with E-state index < -0.39 is 22.5 Å². The summed E-state index contributed by atoms with van der Waals surface area (Å²) in [4.78, 5) is 12.8. The van der Waals surface area contributed by atoms with Crippen molar-refractivity contribution >= 4 is 51.0 Å². The minimum Gasteiger partial charge on any atom is -0.489 e. The van der Waals surface area contributed by atoms with Crippen molar-refractivity contribution in [3.63, 3.8) is 0 Å². The molecule has 0 heterocycles. The topological polar surface area (TPSA) is 88.1 Å². The van der Waals surface area contributed by atoms with Crippen LogP contribution in [0.15, 0.2) is 107 Å². The lowest BCUT2D eigenvalue weighted by molar-refractivity contribution is -0.119. The summed E-state index contributed by atoms with van der Waals surface area (Å²) in [5, 5.41) is 5.02. The quantitative estimate of drug-likeness (QED) is 0.178. The fraction of sp³-hybridized carbons (Fsp3) is 0.103. The van der Waals surface area contributed by atoms with Crippen LogP contribution in [-0.4, -0.2) is 27.1 Å². The molecule has 7 nitrogen and oxygen atoms in total. The fourth-order valence-electron chi connectivity index (χ4n) is 3.67. The lowest BCUT2D eigenvalue weighted by atomic mass is 10.2. The number of rotatable bonds is 10. The predicted octanol–water partition coefficient (Wildman–Crippen LogP) is 6.23. The van der Waals surface area contributed by atoms with E-state index in [9.17, 15) is 13.2 Å². The second kappa shape index (κ2) is 12.8. The molecule has 4 aromatic rings. The molecule has 0 atom stereocenters. The van der Waals surface area contributed by atoms with E-state index >= 15 is 0 Å². The molecular formula is C29H25Cl2N3O4S. The number of carbonyl (C=O) groups excluding carboxylic acids is 1. The number of ether oxygens (including phenoxy) is 1. The van der Waals surface area contributed by atoms with Crippen molar-refractivity contribution in [1.29, 1.82) is 0 Å². The molecule has 0 fully saturated rings. The zero-order valence-corrected chi connectivity index (χ0v) is 23.2. The van der Waals surface area contributed by atoms with Gasteiger partial charge in [-0.05, 0) is 84.3 Å². The number of nitrogens with one attached hydrogen (secondary N) is 1. The Morgan fingerprint density at radius 3 is 2.38 bits per heavy atom. The van der Waals surface area contributed by atoms with Gasteiger partial charge in [0.25, 0.3) is 15.9 Å². The van der Waals surface area contributed by atoms with Crippen molar-refractivity contribution in [3.8, 4) is 5.75 Å². The third-order valence-electron chi connectivity index (χ3n) is 5.70. The maximum absolute atomic E-state index is 13.5. The number of benzene rings is 4. The van der Waals surface area contributed by atoms with Crippen LogP contribution in [0.2, 0.25) is 10.0 Å². The first-order valence-electron chi connectivity index (χ1n) is 11.9. The van der Waals surface area contributed by atoms with Gasteiger partial charge in [0.2, 0.25) is 0 Å². The number of hydrogen-bond donors (Lipinski definition) is 1. The van der Waals surface area contributed by atoms with Crippen molar-refractivity contribution in [1.82, 2.24) is 5.43 Å². The molecule has 1 N–H and O–H groups in total. The number of hydrogen-bond acceptors (Lipinski definition) is 5. The van der Waals surface area contributed by atoms with E-state index in [0.717, 1.165) is 9.87 Å². The van der Waals surface area contributed by atoms with Crippen LogP contribution in [0.1, 0.15) is 16.7 Å². The molecule has 0 aliphatic heterocycles. The summed E-state index contributed by atoms with van der Waals surface area (Å²) < 4.78 is 33.7. The summed E-state index contributed by atoms with van der Waals surface area (Å²) in [6.07, 6.45) is 1.46. The molecule has 39 heavy (non-hydrogen) atoms. The molecule has 10 heteroatoms. The summed E-state index contributed by atoms with van der Waals surface area (Å²) in [5.74, 6) is 0.0430. The smallest absolute Gasteiger partial charge is 0.264 e. The molecule has 0 aliphatic rings. The Morgan fingerprint density at radius 2 is 1.67 bits per heavy atom. The van der Waals surface area contributed by atoms with Gasteiger partial charge in [0.05, 0.1) is 16.8 Å². The Bertz CT molecular complexity index is 1580. The highest BCUT2D eigenvalue weighted by molar-refractivity contribution is 7.92. The number of carbonyl (C=O) groups is 1. The number of anilines is 1. The maximum Gasteiger partial charge on any atom is 0.264 e. The van der Waals surface area contributed by atoms with Gasteiger partial charge in [0.15, 0.2) is 0 Å². The fourth-order valence-corrected chi connectivity index (χ4v) is 5.56. The van der Waals surface area contributed by atoms with Gasteiger partial charge in [-0.3, -0.25) is 9.10 Å². The normalized spacial score (nSPS) is 11.4. The first-order valence-corrected chi connectivity index (χ1v) is 14.1. The molecule has 0 unspecified atom stereocenters. The summed E-state index contributed by atoms with van der Waals surface area (Å²) in [5.41, 5.74) is 4.91. The van der Waals surface area contributed by atoms with E-state index in [1.165, 1.54) is 18.3 Å². The average molecular weight is 583 g/mol. The molecule has 4 aromatic carbocycles. The minimum atomic E-state index is -4.06. The first-order chi connectivity index (χ1) is 18.7. The Hall–Kier alpha value is -3.85. The standard InChI is InChI=1S/C29H25Cl2N3O4S/c1-21-27(31)11-6-12-28(21)34(39(36,37)26-9-3-2-4-10-26)19-29(35)33-32-18-22-13-15-25(16-14-22)38-20-23-7-5-8-24(30)17-23/h2-18H,19-20H2,1H3,(H,33,35)/b32-18+. The van der Waals surface area contributed by atoms with Gasteiger partial charge < -0.3 is 4.74 Å². The molecule has 0 saturated carbocycles. The van der Waals surface area contributed by atoms with Gasteiger partial charge >= 0.3 is 0 Å². The SMILES string of the molecule is Cc1c(Cl)cccc1N(CC(=O)N/N=C/c1ccc(OCc2cccc(Cl)c2)cc1)S(=O)(=O)c1ccccc1. The number of amides is 1. The van der Waals surface area contributed by atoms with Crippen molar-refractivity contribution in [3.05, 3.63) is 124 Å². The second-order valence-corrected chi connectivity index (χ2v) is 11.2. The van der Waals surface area contributed by atoms with Crippen LogP contribution in [-0.2, 0) is 21.4 Å². The maximum atomic E-state index is 13.5. The van der Waals surface area contributed by atoms with Crippen molar-refractivity contribution in [2.75, 3.05) is 10.8 Å². The highest BCUT2D eigenvalue weighted by Crippen LogP contribution is 2.30. The Morgan fingerprint density at radius 1 is 0.949 bits per heavy atom. The second-order valence-electron chi connectivity index (χ2n) is 8.49. The van der Waals surface area contributed by atoms with Crippen LogP contribution in [0.25, 0.3) is 0 Å². The van der Waals surface area contributed by atoms with E-state index in [1.54, 1.807) is 73.7 Å². The Labute approximate surface area is 237 Å². The van der Waals surface area contributed by atoms with Crippen LogP contribution >= 0.6 is 23.2 Å². The van der Waals surface area contributed by atoms with E-state index in [-0.39, 0.29) is 4.90 Å². The zero-order valence-electron chi connectivity index (χ0n) is 20.9. The van der Waals surface area contributed by atoms with Crippen LogP contribution in [0.4, 0.5) is 5.69 Å². The van der Waals surface area contributed by atoms with Crippen molar-refractivity contribution in [2.45, 2.75) is 18.4 Å².